The number of alkyl halides is 3. The summed E-state index contributed by atoms with van der Waals surface area (Å²) < 4.78 is 31.7. The van der Waals surface area contributed by atoms with Crippen LogP contribution in [0.15, 0.2) is 84.4 Å². The fourth-order valence-corrected chi connectivity index (χ4v) is 7.14. The molecule has 0 aromatic heterocycles. The third-order valence-corrected chi connectivity index (χ3v) is 9.93. The lowest BCUT2D eigenvalue weighted by Gasteiger charge is -2.31. The number of hydrogen-bond acceptors (Lipinski definition) is 4. The molecule has 266 valence electrons. The van der Waals surface area contributed by atoms with Crippen molar-refractivity contribution in [2.24, 2.45) is 0 Å². The van der Waals surface area contributed by atoms with Crippen molar-refractivity contribution in [1.82, 2.24) is 15.5 Å². The van der Waals surface area contributed by atoms with E-state index in [1.165, 1.54) is 27.8 Å². The van der Waals surface area contributed by atoms with E-state index in [9.17, 15) is 22.8 Å². The van der Waals surface area contributed by atoms with Crippen LogP contribution in [0.3, 0.4) is 0 Å². The fourth-order valence-electron chi connectivity index (χ4n) is 7.01. The van der Waals surface area contributed by atoms with E-state index in [4.69, 9.17) is 21.5 Å². The molecule has 3 aromatic rings. The first-order chi connectivity index (χ1) is 24.0. The number of hydrogen-bond donors (Lipinski definition) is 3. The minimum absolute atomic E-state index is 0.0557. The van der Waals surface area contributed by atoms with E-state index in [-0.39, 0.29) is 23.9 Å². The molecule has 1 saturated heterocycles. The predicted molar refractivity (Wildman–Crippen MR) is 187 cm³/mol. The van der Waals surface area contributed by atoms with Gasteiger partial charge in [0.15, 0.2) is 0 Å². The third-order valence-electron chi connectivity index (χ3n) is 9.68. The Kier molecular flexibility index (Phi) is 12.8. The van der Waals surface area contributed by atoms with Crippen LogP contribution >= 0.6 is 11.6 Å². The van der Waals surface area contributed by atoms with E-state index in [1.54, 1.807) is 0 Å². The lowest BCUT2D eigenvalue weighted by molar-refractivity contribution is -0.192. The second-order valence-electron chi connectivity index (χ2n) is 13.2. The molecule has 2 atom stereocenters. The number of piperidine rings is 1. The van der Waals surface area contributed by atoms with Crippen molar-refractivity contribution in [2.75, 3.05) is 6.54 Å². The van der Waals surface area contributed by atoms with Crippen molar-refractivity contribution in [3.8, 4) is 0 Å². The van der Waals surface area contributed by atoms with Gasteiger partial charge in [-0.05, 0) is 97.2 Å². The van der Waals surface area contributed by atoms with Gasteiger partial charge in [-0.2, -0.15) is 13.2 Å². The zero-order chi connectivity index (χ0) is 35.7. The van der Waals surface area contributed by atoms with Crippen molar-refractivity contribution < 1.29 is 32.7 Å². The van der Waals surface area contributed by atoms with Crippen LogP contribution in [-0.2, 0) is 40.3 Å². The van der Waals surface area contributed by atoms with Crippen LogP contribution in [0.2, 0.25) is 5.02 Å². The molecule has 0 spiro atoms. The van der Waals surface area contributed by atoms with Crippen LogP contribution in [0.5, 0.6) is 0 Å². The summed E-state index contributed by atoms with van der Waals surface area (Å²) in [4.78, 5) is 36.9. The van der Waals surface area contributed by atoms with E-state index < -0.39 is 12.1 Å². The zero-order valence-electron chi connectivity index (χ0n) is 27.9. The minimum Gasteiger partial charge on any atom is -0.475 e. The highest BCUT2D eigenvalue weighted by Gasteiger charge is 2.38. The lowest BCUT2D eigenvalue weighted by atomic mass is 9.79. The largest absolute Gasteiger partial charge is 0.490 e. The van der Waals surface area contributed by atoms with Crippen LogP contribution in [0.25, 0.3) is 0 Å². The number of carboxylic acid groups (broad SMARTS) is 1. The summed E-state index contributed by atoms with van der Waals surface area (Å²) in [7, 11) is 0. The van der Waals surface area contributed by atoms with Crippen LogP contribution < -0.4 is 10.6 Å². The molecular formula is C39H43ClF3N3O4. The SMILES string of the molecule is O=C(N[C@H](C=C1CCC(c2ccccc2CN2CCCCC2=O)CC1)Cc1ccc(Cl)cc1)[C@H]1Cc2ccccc2CN1.O=C(O)C(F)(F)F. The number of likely N-dealkylation sites (tertiary alicyclic amines) is 1. The van der Waals surface area contributed by atoms with Gasteiger partial charge in [-0.25, -0.2) is 4.79 Å². The summed E-state index contributed by atoms with van der Waals surface area (Å²) in [5.74, 6) is -1.92. The fraction of sp³-hybridized carbons (Fsp3) is 0.410. The Hall–Kier alpha value is -4.15. The summed E-state index contributed by atoms with van der Waals surface area (Å²) in [5, 5.41) is 14.7. The number of nitrogens with zero attached hydrogens (tertiary/aromatic N) is 1. The average Bonchev–Trinajstić information content (AvgIpc) is 3.10. The molecular weight excluding hydrogens is 667 g/mol. The van der Waals surface area contributed by atoms with Gasteiger partial charge in [-0.1, -0.05) is 83.9 Å². The Morgan fingerprint density at radius 2 is 1.62 bits per heavy atom. The van der Waals surface area contributed by atoms with Crippen molar-refractivity contribution in [3.63, 3.8) is 0 Å². The smallest absolute Gasteiger partial charge is 0.475 e. The average molecular weight is 710 g/mol. The van der Waals surface area contributed by atoms with Gasteiger partial charge in [-0.15, -0.1) is 0 Å². The summed E-state index contributed by atoms with van der Waals surface area (Å²) in [5.41, 5.74) is 7.79. The number of carboxylic acids is 1. The summed E-state index contributed by atoms with van der Waals surface area (Å²) >= 11 is 6.16. The Morgan fingerprint density at radius 1 is 0.960 bits per heavy atom. The number of amides is 2. The number of halogens is 4. The maximum absolute atomic E-state index is 13.5. The Labute approximate surface area is 295 Å². The van der Waals surface area contributed by atoms with E-state index in [1.807, 2.05) is 17.0 Å². The van der Waals surface area contributed by atoms with Gasteiger partial charge >= 0.3 is 12.1 Å². The monoisotopic (exact) mass is 709 g/mol. The van der Waals surface area contributed by atoms with Crippen LogP contribution in [0.4, 0.5) is 13.2 Å². The number of benzene rings is 3. The summed E-state index contributed by atoms with van der Waals surface area (Å²) in [6.45, 7) is 2.31. The van der Waals surface area contributed by atoms with Crippen LogP contribution in [0.1, 0.15) is 78.7 Å². The molecule has 7 nitrogen and oxygen atoms in total. The van der Waals surface area contributed by atoms with E-state index in [0.717, 1.165) is 68.6 Å². The number of aliphatic carboxylic acids is 1. The van der Waals surface area contributed by atoms with Crippen molar-refractivity contribution in [2.45, 2.75) is 95.1 Å². The molecule has 6 rings (SSSR count). The summed E-state index contributed by atoms with van der Waals surface area (Å²) in [6.07, 6.45) is 5.66. The first-order valence-electron chi connectivity index (χ1n) is 17.2. The van der Waals surface area contributed by atoms with Crippen LogP contribution in [-0.4, -0.2) is 52.6 Å². The highest BCUT2D eigenvalue weighted by Crippen LogP contribution is 2.37. The van der Waals surface area contributed by atoms with Crippen LogP contribution in [0, 0.1) is 0 Å². The molecule has 0 radical (unpaired) electrons. The highest BCUT2D eigenvalue weighted by molar-refractivity contribution is 6.30. The number of nitrogens with one attached hydrogen (secondary N) is 2. The van der Waals surface area contributed by atoms with Gasteiger partial charge in [0.1, 0.15) is 0 Å². The molecule has 0 bridgehead atoms. The highest BCUT2D eigenvalue weighted by atomic mass is 35.5. The van der Waals surface area contributed by atoms with E-state index in [0.29, 0.717) is 25.3 Å². The second-order valence-corrected chi connectivity index (χ2v) is 13.7. The molecule has 11 heteroatoms. The van der Waals surface area contributed by atoms with E-state index >= 15 is 0 Å². The summed E-state index contributed by atoms with van der Waals surface area (Å²) in [6, 6.07) is 24.7. The van der Waals surface area contributed by atoms with Crippen molar-refractivity contribution in [3.05, 3.63) is 117 Å². The first-order valence-corrected chi connectivity index (χ1v) is 17.5. The molecule has 1 aliphatic carbocycles. The normalized spacial score (nSPS) is 19.8. The molecule has 50 heavy (non-hydrogen) atoms. The second kappa shape index (κ2) is 17.2. The van der Waals surface area contributed by atoms with Gasteiger partial charge in [0.25, 0.3) is 0 Å². The van der Waals surface area contributed by atoms with Gasteiger partial charge in [0, 0.05) is 31.1 Å². The molecule has 1 saturated carbocycles. The lowest BCUT2D eigenvalue weighted by Crippen LogP contribution is -2.50. The number of carbonyl (C=O) groups excluding carboxylic acids is 2. The predicted octanol–water partition coefficient (Wildman–Crippen LogP) is 7.51. The Morgan fingerprint density at radius 3 is 2.30 bits per heavy atom. The maximum atomic E-state index is 13.5. The third kappa shape index (κ3) is 10.4. The Bertz CT molecular complexity index is 1670. The standard InChI is InChI=1S/C37H42ClN3O2.C2HF3O2/c38-32-18-14-27(15-19-32)22-33(40-37(43)35-23-29-7-1-2-8-30(29)24-39-35)21-26-12-16-28(17-13-26)34-10-4-3-9-31(34)25-41-20-6-5-11-36(41)42;3-2(4,5)1(6)7/h1-4,7-10,14-15,18-19,21,28,33,35,39H,5-6,11-13,16-17,20,22-25H2,(H,40,43);(H,6,7)/t28?,33-,35-;/m1./s1. The van der Waals surface area contributed by atoms with Gasteiger partial charge in [0.05, 0.1) is 12.1 Å². The molecule has 2 aliphatic heterocycles. The van der Waals surface area contributed by atoms with Crippen molar-refractivity contribution in [1.29, 1.82) is 0 Å². The van der Waals surface area contributed by atoms with Gasteiger partial charge < -0.3 is 20.6 Å². The zero-order valence-corrected chi connectivity index (χ0v) is 28.6. The van der Waals surface area contributed by atoms with Gasteiger partial charge in [0.2, 0.25) is 11.8 Å². The molecule has 3 N–H and O–H groups in total. The molecule has 2 heterocycles. The first kappa shape index (κ1) is 37.1. The quantitative estimate of drug-likeness (QED) is 0.210. The number of allylic oxidation sites excluding steroid dienone is 1. The molecule has 0 unspecified atom stereocenters. The number of fused-ring (bicyclic) bond motifs is 1. The van der Waals surface area contributed by atoms with E-state index in [2.05, 4.69) is 77.4 Å². The minimum atomic E-state index is -5.08. The Balaban J connectivity index is 0.000000630. The van der Waals surface area contributed by atoms with Crippen molar-refractivity contribution >= 4 is 29.4 Å². The molecule has 3 aromatic carbocycles. The molecule has 2 fully saturated rings. The number of rotatable bonds is 8. The van der Waals surface area contributed by atoms with Gasteiger partial charge in [-0.3, -0.25) is 9.59 Å². The molecule has 3 aliphatic rings. The maximum Gasteiger partial charge on any atom is 0.490 e. The number of carbonyl (C=O) groups is 3. The topological polar surface area (TPSA) is 98.7 Å². The molecule has 2 amide bonds.